The molecule has 0 fully saturated rings. The number of ether oxygens (including phenoxy) is 1. The van der Waals surface area contributed by atoms with E-state index in [1.165, 1.54) is 0 Å². The molecule has 0 aromatic heterocycles. The number of nitrogens with one attached hydrogen (secondary N) is 1. The first-order valence-corrected chi connectivity index (χ1v) is 6.64. The van der Waals surface area contributed by atoms with E-state index in [1.54, 1.807) is 7.11 Å². The fraction of sp³-hybridized carbons (Fsp3) is 0.533. The van der Waals surface area contributed by atoms with Crippen molar-refractivity contribution in [3.8, 4) is 5.75 Å². The Kier molecular flexibility index (Phi) is 5.83. The first kappa shape index (κ1) is 15.5. The molecule has 2 atom stereocenters. The lowest BCUT2D eigenvalue weighted by atomic mass is 10.0. The average Bonchev–Trinajstić information content (AvgIpc) is 2.37. The molecular formula is C15H24N2O2. The van der Waals surface area contributed by atoms with Crippen molar-refractivity contribution in [1.29, 1.82) is 0 Å². The number of benzene rings is 1. The highest BCUT2D eigenvalue weighted by molar-refractivity contribution is 5.81. The fourth-order valence-electron chi connectivity index (χ4n) is 1.93. The molecule has 0 aliphatic heterocycles. The largest absolute Gasteiger partial charge is 0.497 e. The van der Waals surface area contributed by atoms with Crippen LogP contribution >= 0.6 is 0 Å². The molecule has 1 amide bonds. The minimum Gasteiger partial charge on any atom is -0.497 e. The molecule has 1 aromatic rings. The third-order valence-electron chi connectivity index (χ3n) is 3.01. The van der Waals surface area contributed by atoms with Crippen molar-refractivity contribution < 1.29 is 9.53 Å². The van der Waals surface area contributed by atoms with E-state index in [0.717, 1.165) is 11.3 Å². The van der Waals surface area contributed by atoms with Crippen molar-refractivity contribution in [2.75, 3.05) is 7.11 Å². The Hall–Kier alpha value is -1.55. The maximum atomic E-state index is 11.9. The summed E-state index contributed by atoms with van der Waals surface area (Å²) < 4.78 is 5.17. The zero-order valence-corrected chi connectivity index (χ0v) is 12.1. The highest BCUT2D eigenvalue weighted by Gasteiger charge is 2.17. The van der Waals surface area contributed by atoms with Gasteiger partial charge in [-0.15, -0.1) is 0 Å². The molecule has 3 N–H and O–H groups in total. The van der Waals surface area contributed by atoms with Crippen LogP contribution in [0.4, 0.5) is 0 Å². The molecule has 4 nitrogen and oxygen atoms in total. The Labute approximate surface area is 115 Å². The van der Waals surface area contributed by atoms with Gasteiger partial charge in [0.15, 0.2) is 0 Å². The SMILES string of the molecule is COc1cccc([C@@H](C)NC(=O)C(N)CC(C)C)c1. The molecule has 4 heteroatoms. The summed E-state index contributed by atoms with van der Waals surface area (Å²) in [6.45, 7) is 6.05. The van der Waals surface area contributed by atoms with Crippen LogP contribution in [-0.2, 0) is 4.79 Å². The molecule has 1 unspecified atom stereocenters. The normalized spacial score (nSPS) is 14.0. The molecule has 0 aliphatic carbocycles. The monoisotopic (exact) mass is 264 g/mol. The standard InChI is InChI=1S/C15H24N2O2/c1-10(2)8-14(16)15(18)17-11(3)12-6-5-7-13(9-12)19-4/h5-7,9-11,14H,8,16H2,1-4H3,(H,17,18)/t11-,14?/m1/s1. The molecule has 0 spiro atoms. The maximum Gasteiger partial charge on any atom is 0.237 e. The Balaban J connectivity index is 2.63. The highest BCUT2D eigenvalue weighted by Crippen LogP contribution is 2.18. The third-order valence-corrected chi connectivity index (χ3v) is 3.01. The molecule has 0 aliphatic rings. The second kappa shape index (κ2) is 7.14. The summed E-state index contributed by atoms with van der Waals surface area (Å²) in [5, 5.41) is 2.93. The third kappa shape index (κ3) is 4.91. The number of carbonyl (C=O) groups is 1. The summed E-state index contributed by atoms with van der Waals surface area (Å²) >= 11 is 0. The van der Waals surface area contributed by atoms with Gasteiger partial charge >= 0.3 is 0 Å². The second-order valence-corrected chi connectivity index (χ2v) is 5.24. The highest BCUT2D eigenvalue weighted by atomic mass is 16.5. The van der Waals surface area contributed by atoms with E-state index in [4.69, 9.17) is 10.5 Å². The van der Waals surface area contributed by atoms with E-state index in [0.29, 0.717) is 12.3 Å². The van der Waals surface area contributed by atoms with Crippen LogP contribution in [0, 0.1) is 5.92 Å². The van der Waals surface area contributed by atoms with Crippen LogP contribution in [0.25, 0.3) is 0 Å². The van der Waals surface area contributed by atoms with Crippen LogP contribution in [0.2, 0.25) is 0 Å². The predicted octanol–water partition coefficient (Wildman–Crippen LogP) is 2.25. The van der Waals surface area contributed by atoms with Gasteiger partial charge in [-0.25, -0.2) is 0 Å². The average molecular weight is 264 g/mol. The van der Waals surface area contributed by atoms with Gasteiger partial charge in [-0.05, 0) is 37.0 Å². The summed E-state index contributed by atoms with van der Waals surface area (Å²) in [5.41, 5.74) is 6.87. The van der Waals surface area contributed by atoms with E-state index in [-0.39, 0.29) is 11.9 Å². The van der Waals surface area contributed by atoms with Gasteiger partial charge in [0.25, 0.3) is 0 Å². The van der Waals surface area contributed by atoms with Crippen molar-refractivity contribution in [3.63, 3.8) is 0 Å². The Morgan fingerprint density at radius 2 is 2.05 bits per heavy atom. The molecule has 0 saturated heterocycles. The summed E-state index contributed by atoms with van der Waals surface area (Å²) in [6.07, 6.45) is 0.691. The summed E-state index contributed by atoms with van der Waals surface area (Å²) in [5.74, 6) is 1.09. The molecule has 106 valence electrons. The lowest BCUT2D eigenvalue weighted by Crippen LogP contribution is -2.42. The van der Waals surface area contributed by atoms with E-state index in [9.17, 15) is 4.79 Å². The van der Waals surface area contributed by atoms with Gasteiger partial charge < -0.3 is 15.8 Å². The first-order chi connectivity index (χ1) is 8.93. The summed E-state index contributed by atoms with van der Waals surface area (Å²) in [6, 6.07) is 7.13. The van der Waals surface area contributed by atoms with Crippen LogP contribution in [0.15, 0.2) is 24.3 Å². The van der Waals surface area contributed by atoms with E-state index in [2.05, 4.69) is 19.2 Å². The molecule has 0 saturated carbocycles. The van der Waals surface area contributed by atoms with Gasteiger partial charge in [-0.3, -0.25) is 4.79 Å². The molecule has 19 heavy (non-hydrogen) atoms. The minimum absolute atomic E-state index is 0.0826. The van der Waals surface area contributed by atoms with E-state index >= 15 is 0 Å². The summed E-state index contributed by atoms with van der Waals surface area (Å²) in [7, 11) is 1.63. The maximum absolute atomic E-state index is 11.9. The summed E-state index contributed by atoms with van der Waals surface area (Å²) in [4.78, 5) is 11.9. The van der Waals surface area contributed by atoms with Gasteiger partial charge in [0.05, 0.1) is 19.2 Å². The molecule has 0 radical (unpaired) electrons. The second-order valence-electron chi connectivity index (χ2n) is 5.24. The topological polar surface area (TPSA) is 64.3 Å². The number of methoxy groups -OCH3 is 1. The predicted molar refractivity (Wildman–Crippen MR) is 77.0 cm³/mol. The fourth-order valence-corrected chi connectivity index (χ4v) is 1.93. The van der Waals surface area contributed by atoms with Crippen molar-refractivity contribution in [1.82, 2.24) is 5.32 Å². The van der Waals surface area contributed by atoms with Crippen LogP contribution in [0.3, 0.4) is 0 Å². The van der Waals surface area contributed by atoms with Crippen LogP contribution < -0.4 is 15.8 Å². The molecule has 1 aromatic carbocycles. The Bertz CT molecular complexity index is 418. The van der Waals surface area contributed by atoms with Gasteiger partial charge in [-0.1, -0.05) is 26.0 Å². The van der Waals surface area contributed by atoms with Crippen LogP contribution in [-0.4, -0.2) is 19.1 Å². The molecular weight excluding hydrogens is 240 g/mol. The molecule has 0 heterocycles. The number of nitrogens with two attached hydrogens (primary N) is 1. The van der Waals surface area contributed by atoms with Crippen molar-refractivity contribution >= 4 is 5.91 Å². The quantitative estimate of drug-likeness (QED) is 0.828. The number of carbonyl (C=O) groups excluding carboxylic acids is 1. The zero-order valence-electron chi connectivity index (χ0n) is 12.1. The van der Waals surface area contributed by atoms with Crippen LogP contribution in [0.5, 0.6) is 5.75 Å². The lowest BCUT2D eigenvalue weighted by molar-refractivity contribution is -0.123. The molecule has 0 bridgehead atoms. The number of rotatable bonds is 6. The van der Waals surface area contributed by atoms with Crippen LogP contribution in [0.1, 0.15) is 38.8 Å². The van der Waals surface area contributed by atoms with E-state index < -0.39 is 6.04 Å². The first-order valence-electron chi connectivity index (χ1n) is 6.64. The van der Waals surface area contributed by atoms with Gasteiger partial charge in [0.1, 0.15) is 5.75 Å². The Morgan fingerprint density at radius 1 is 1.37 bits per heavy atom. The Morgan fingerprint density at radius 3 is 2.63 bits per heavy atom. The number of hydrogen-bond donors (Lipinski definition) is 2. The lowest BCUT2D eigenvalue weighted by Gasteiger charge is -2.19. The molecule has 1 rings (SSSR count). The van der Waals surface area contributed by atoms with Gasteiger partial charge in [-0.2, -0.15) is 0 Å². The van der Waals surface area contributed by atoms with Crippen molar-refractivity contribution in [2.45, 2.75) is 39.3 Å². The zero-order chi connectivity index (χ0) is 14.4. The number of amides is 1. The smallest absolute Gasteiger partial charge is 0.237 e. The minimum atomic E-state index is -0.451. The van der Waals surface area contributed by atoms with Gasteiger partial charge in [0, 0.05) is 0 Å². The van der Waals surface area contributed by atoms with E-state index in [1.807, 2.05) is 31.2 Å². The van der Waals surface area contributed by atoms with Crippen molar-refractivity contribution in [3.05, 3.63) is 29.8 Å². The van der Waals surface area contributed by atoms with Crippen molar-refractivity contribution in [2.24, 2.45) is 11.7 Å². The number of hydrogen-bond acceptors (Lipinski definition) is 3. The van der Waals surface area contributed by atoms with Gasteiger partial charge in [0.2, 0.25) is 5.91 Å².